The summed E-state index contributed by atoms with van der Waals surface area (Å²) >= 11 is 2.05. The average molecular weight is 295 g/mol. The lowest BCUT2D eigenvalue weighted by Gasteiger charge is -2.08. The molecule has 2 rings (SSSR count). The largest absolute Gasteiger partial charge is 0.452 e. The summed E-state index contributed by atoms with van der Waals surface area (Å²) in [7, 11) is 0. The number of aliphatic hydroxyl groups excluding tert-OH is 1. The molecule has 2 aromatic heterocycles. The van der Waals surface area contributed by atoms with Gasteiger partial charge in [0.05, 0.1) is 6.10 Å². The molecule has 4 nitrogen and oxygen atoms in total. The van der Waals surface area contributed by atoms with Crippen molar-refractivity contribution in [2.75, 3.05) is 11.9 Å². The predicted octanol–water partition coefficient (Wildman–Crippen LogP) is 2.76. The lowest BCUT2D eigenvalue weighted by Crippen LogP contribution is -2.12. The van der Waals surface area contributed by atoms with Crippen molar-refractivity contribution in [3.8, 4) is 0 Å². The van der Waals surface area contributed by atoms with Crippen LogP contribution in [0.25, 0.3) is 0 Å². The highest BCUT2D eigenvalue weighted by Gasteiger charge is 2.36. The molecule has 0 bridgehead atoms. The zero-order chi connectivity index (χ0) is 13.2. The van der Waals surface area contributed by atoms with E-state index in [4.69, 9.17) is 0 Å². The number of nitrogens with zero attached hydrogens (tertiary/aromatic N) is 2. The zero-order valence-electron chi connectivity index (χ0n) is 8.81. The number of nitrogens with one attached hydrogen (secondary N) is 1. The highest BCUT2D eigenvalue weighted by atomic mass is 32.1. The van der Waals surface area contributed by atoms with Gasteiger partial charge in [-0.1, -0.05) is 0 Å². The topological polar surface area (TPSA) is 58.0 Å². The number of aliphatic hydroxyl groups is 1. The summed E-state index contributed by atoms with van der Waals surface area (Å²) in [6, 6.07) is 1.75. The number of aromatic nitrogens is 2. The van der Waals surface area contributed by atoms with Gasteiger partial charge in [0.1, 0.15) is 0 Å². The molecule has 0 fully saturated rings. The summed E-state index contributed by atoms with van der Waals surface area (Å²) in [5.41, 5.74) is 0.716. The van der Waals surface area contributed by atoms with Crippen LogP contribution in [-0.2, 0) is 6.18 Å². The van der Waals surface area contributed by atoms with Gasteiger partial charge in [-0.3, -0.25) is 0 Å². The lowest BCUT2D eigenvalue weighted by molar-refractivity contribution is -0.144. The van der Waals surface area contributed by atoms with Crippen LogP contribution in [0.1, 0.15) is 17.5 Å². The standard InChI is InChI=1S/C9H8F3N3OS2/c10-9(11,12)7-14-8(18-15-7)13-3-6(16)5-1-2-17-4-5/h1-2,4,6,16H,3H2,(H,13,14,15). The summed E-state index contributed by atoms with van der Waals surface area (Å²) in [5, 5.41) is 16.0. The van der Waals surface area contributed by atoms with E-state index < -0.39 is 18.1 Å². The second-order valence-electron chi connectivity index (χ2n) is 3.37. The van der Waals surface area contributed by atoms with Gasteiger partial charge in [0, 0.05) is 18.1 Å². The number of alkyl halides is 3. The maximum Gasteiger partial charge on any atom is 0.452 e. The molecule has 0 aromatic carbocycles. The first kappa shape index (κ1) is 13.2. The lowest BCUT2D eigenvalue weighted by atomic mass is 10.2. The molecule has 0 saturated carbocycles. The molecule has 2 aromatic rings. The Morgan fingerprint density at radius 1 is 1.44 bits per heavy atom. The molecular weight excluding hydrogens is 287 g/mol. The third-order valence-electron chi connectivity index (χ3n) is 2.05. The molecule has 0 saturated heterocycles. The minimum atomic E-state index is -4.54. The molecule has 18 heavy (non-hydrogen) atoms. The van der Waals surface area contributed by atoms with Crippen LogP contribution in [0.15, 0.2) is 16.8 Å². The van der Waals surface area contributed by atoms with Crippen molar-refractivity contribution in [1.82, 2.24) is 9.36 Å². The Morgan fingerprint density at radius 3 is 2.78 bits per heavy atom. The summed E-state index contributed by atoms with van der Waals surface area (Å²) in [6.45, 7) is 0.0865. The highest BCUT2D eigenvalue weighted by molar-refractivity contribution is 7.09. The van der Waals surface area contributed by atoms with E-state index in [0.29, 0.717) is 17.1 Å². The maximum atomic E-state index is 12.2. The second kappa shape index (κ2) is 5.21. The SMILES string of the molecule is OC(CNc1nc(C(F)(F)F)ns1)c1ccsc1. The highest BCUT2D eigenvalue weighted by Crippen LogP contribution is 2.29. The molecule has 1 atom stereocenters. The predicted molar refractivity (Wildman–Crippen MR) is 62.7 cm³/mol. The smallest absolute Gasteiger partial charge is 0.387 e. The van der Waals surface area contributed by atoms with Gasteiger partial charge in [0.2, 0.25) is 11.0 Å². The third kappa shape index (κ3) is 3.18. The first-order valence-corrected chi connectivity index (χ1v) is 6.53. The van der Waals surface area contributed by atoms with Crippen molar-refractivity contribution in [3.63, 3.8) is 0 Å². The fourth-order valence-corrected chi connectivity index (χ4v) is 2.48. The van der Waals surface area contributed by atoms with Gasteiger partial charge in [0.15, 0.2) is 0 Å². The van der Waals surface area contributed by atoms with Crippen molar-refractivity contribution < 1.29 is 18.3 Å². The zero-order valence-corrected chi connectivity index (χ0v) is 10.4. The van der Waals surface area contributed by atoms with E-state index in [9.17, 15) is 18.3 Å². The Hall–Kier alpha value is -1.19. The van der Waals surface area contributed by atoms with Gasteiger partial charge in [0.25, 0.3) is 0 Å². The van der Waals surface area contributed by atoms with Crippen molar-refractivity contribution in [2.24, 2.45) is 0 Å². The molecule has 98 valence electrons. The Bertz CT molecular complexity index is 497. The first-order chi connectivity index (χ1) is 8.47. The van der Waals surface area contributed by atoms with Gasteiger partial charge >= 0.3 is 6.18 Å². The van der Waals surface area contributed by atoms with Crippen molar-refractivity contribution in [2.45, 2.75) is 12.3 Å². The Balaban J connectivity index is 1.93. The van der Waals surface area contributed by atoms with Crippen LogP contribution >= 0.6 is 22.9 Å². The van der Waals surface area contributed by atoms with E-state index in [-0.39, 0.29) is 11.7 Å². The van der Waals surface area contributed by atoms with Crippen molar-refractivity contribution >= 4 is 28.0 Å². The Labute approximate surface area is 108 Å². The summed E-state index contributed by atoms with van der Waals surface area (Å²) < 4.78 is 39.9. The molecule has 0 radical (unpaired) electrons. The van der Waals surface area contributed by atoms with Crippen LogP contribution in [0, 0.1) is 0 Å². The van der Waals surface area contributed by atoms with Crippen molar-refractivity contribution in [1.29, 1.82) is 0 Å². The minimum Gasteiger partial charge on any atom is -0.387 e. The van der Waals surface area contributed by atoms with Gasteiger partial charge in [-0.15, -0.1) is 0 Å². The van der Waals surface area contributed by atoms with E-state index in [1.54, 1.807) is 11.4 Å². The normalized spacial score (nSPS) is 13.6. The number of thiophene rings is 1. The van der Waals surface area contributed by atoms with E-state index in [2.05, 4.69) is 14.7 Å². The quantitative estimate of drug-likeness (QED) is 0.910. The van der Waals surface area contributed by atoms with Gasteiger partial charge in [-0.2, -0.15) is 33.9 Å². The Kier molecular flexibility index (Phi) is 3.83. The van der Waals surface area contributed by atoms with E-state index in [0.717, 1.165) is 0 Å². The fraction of sp³-hybridized carbons (Fsp3) is 0.333. The molecule has 0 aliphatic carbocycles. The second-order valence-corrected chi connectivity index (χ2v) is 4.91. The summed E-state index contributed by atoms with van der Waals surface area (Å²) in [6.07, 6.45) is -5.32. The summed E-state index contributed by atoms with van der Waals surface area (Å²) in [5.74, 6) is -1.17. The molecule has 2 heterocycles. The molecule has 1 unspecified atom stereocenters. The van der Waals surface area contributed by atoms with E-state index in [1.807, 2.05) is 5.38 Å². The van der Waals surface area contributed by atoms with E-state index >= 15 is 0 Å². The summed E-state index contributed by atoms with van der Waals surface area (Å²) in [4.78, 5) is 3.30. The number of hydrogen-bond donors (Lipinski definition) is 2. The number of anilines is 1. The maximum absolute atomic E-state index is 12.2. The van der Waals surface area contributed by atoms with Gasteiger partial charge in [-0.05, 0) is 22.4 Å². The van der Waals surface area contributed by atoms with Gasteiger partial charge in [-0.25, -0.2) is 0 Å². The molecule has 0 spiro atoms. The first-order valence-electron chi connectivity index (χ1n) is 4.82. The third-order valence-corrected chi connectivity index (χ3v) is 3.43. The number of hydrogen-bond acceptors (Lipinski definition) is 6. The molecule has 0 amide bonds. The molecule has 9 heteroatoms. The van der Waals surface area contributed by atoms with Crippen LogP contribution in [0.4, 0.5) is 18.3 Å². The van der Waals surface area contributed by atoms with E-state index in [1.165, 1.54) is 11.3 Å². The molecular formula is C9H8F3N3OS2. The molecule has 0 aliphatic rings. The fourth-order valence-electron chi connectivity index (χ4n) is 1.18. The molecule has 0 aliphatic heterocycles. The van der Waals surface area contributed by atoms with Gasteiger partial charge < -0.3 is 10.4 Å². The van der Waals surface area contributed by atoms with Crippen molar-refractivity contribution in [3.05, 3.63) is 28.2 Å². The average Bonchev–Trinajstić information content (AvgIpc) is 2.96. The van der Waals surface area contributed by atoms with Crippen LogP contribution in [0.3, 0.4) is 0 Å². The van der Waals surface area contributed by atoms with Crippen LogP contribution in [0.2, 0.25) is 0 Å². The number of rotatable bonds is 4. The van der Waals surface area contributed by atoms with Crippen LogP contribution in [0.5, 0.6) is 0 Å². The molecule has 2 N–H and O–H groups in total. The minimum absolute atomic E-state index is 0.0385. The van der Waals surface area contributed by atoms with Crippen LogP contribution in [-0.4, -0.2) is 21.0 Å². The monoisotopic (exact) mass is 295 g/mol. The van der Waals surface area contributed by atoms with Crippen LogP contribution < -0.4 is 5.32 Å². The number of halogens is 3. The Morgan fingerprint density at radius 2 is 2.22 bits per heavy atom.